The Morgan fingerprint density at radius 3 is 2.75 bits per heavy atom. The Hall–Kier alpha value is -1.20. The number of aromatic nitrogens is 4. The third-order valence-electron chi connectivity index (χ3n) is 4.11. The second-order valence-corrected chi connectivity index (χ2v) is 5.83. The number of rotatable bonds is 4. The van der Waals surface area contributed by atoms with Crippen LogP contribution in [0, 0.1) is 19.8 Å². The molecule has 0 aromatic carbocycles. The second kappa shape index (κ2) is 5.30. The first-order chi connectivity index (χ1) is 9.60. The lowest BCUT2D eigenvalue weighted by Crippen LogP contribution is -2.33. The second-order valence-electron chi connectivity index (χ2n) is 5.47. The van der Waals surface area contributed by atoms with E-state index in [4.69, 9.17) is 16.3 Å². The highest BCUT2D eigenvalue weighted by molar-refractivity contribution is 6.32. The molecule has 0 bridgehead atoms. The summed E-state index contributed by atoms with van der Waals surface area (Å²) in [7, 11) is 0. The highest BCUT2D eigenvalue weighted by Crippen LogP contribution is 2.33. The van der Waals surface area contributed by atoms with E-state index >= 15 is 0 Å². The third kappa shape index (κ3) is 2.29. The zero-order valence-corrected chi connectivity index (χ0v) is 12.8. The Balaban J connectivity index is 1.83. The molecule has 0 amide bonds. The van der Waals surface area contributed by atoms with Crippen LogP contribution < -0.4 is 0 Å². The number of ether oxygens (including phenoxy) is 1. The number of hydrogen-bond acceptors (Lipinski definition) is 4. The molecule has 20 heavy (non-hydrogen) atoms. The molecule has 6 heteroatoms. The zero-order chi connectivity index (χ0) is 14.3. The van der Waals surface area contributed by atoms with E-state index in [1.165, 1.54) is 0 Å². The normalized spacial score (nSPS) is 22.2. The number of aryl methyl sites for hydroxylation is 2. The van der Waals surface area contributed by atoms with Crippen molar-refractivity contribution in [3.05, 3.63) is 22.4 Å². The van der Waals surface area contributed by atoms with E-state index in [1.807, 2.05) is 25.2 Å². The van der Waals surface area contributed by atoms with E-state index in [0.29, 0.717) is 22.8 Å². The Bertz CT molecular complexity index is 634. The van der Waals surface area contributed by atoms with Crippen LogP contribution in [0.3, 0.4) is 0 Å². The van der Waals surface area contributed by atoms with Crippen LogP contribution in [-0.2, 0) is 11.2 Å². The summed E-state index contributed by atoms with van der Waals surface area (Å²) in [5, 5.41) is 8.90. The van der Waals surface area contributed by atoms with Gasteiger partial charge in [0.25, 0.3) is 0 Å². The van der Waals surface area contributed by atoms with Crippen LogP contribution in [0.2, 0.25) is 5.15 Å². The van der Waals surface area contributed by atoms with Gasteiger partial charge >= 0.3 is 0 Å². The summed E-state index contributed by atoms with van der Waals surface area (Å²) < 4.78 is 7.64. The maximum absolute atomic E-state index is 6.14. The molecule has 0 spiro atoms. The van der Waals surface area contributed by atoms with Gasteiger partial charge < -0.3 is 4.74 Å². The van der Waals surface area contributed by atoms with E-state index in [2.05, 4.69) is 15.2 Å². The molecule has 108 valence electrons. The molecule has 0 atom stereocenters. The first kappa shape index (κ1) is 13.8. The molecule has 2 aromatic heterocycles. The molecule has 2 heterocycles. The van der Waals surface area contributed by atoms with Crippen molar-refractivity contribution in [2.24, 2.45) is 5.92 Å². The van der Waals surface area contributed by atoms with Crippen molar-refractivity contribution in [3.63, 3.8) is 0 Å². The van der Waals surface area contributed by atoms with E-state index < -0.39 is 0 Å². The van der Waals surface area contributed by atoms with Crippen LogP contribution in [0.5, 0.6) is 0 Å². The van der Waals surface area contributed by atoms with E-state index in [1.54, 1.807) is 0 Å². The molecule has 1 saturated carbocycles. The molecule has 0 radical (unpaired) electrons. The summed E-state index contributed by atoms with van der Waals surface area (Å²) in [6.45, 7) is 6.83. The first-order valence-corrected chi connectivity index (χ1v) is 7.46. The molecule has 0 unspecified atom stereocenters. The van der Waals surface area contributed by atoms with Crippen LogP contribution in [0.1, 0.15) is 37.0 Å². The lowest BCUT2D eigenvalue weighted by Gasteiger charge is -2.34. The summed E-state index contributed by atoms with van der Waals surface area (Å²) >= 11 is 6.14. The zero-order valence-electron chi connectivity index (χ0n) is 12.1. The van der Waals surface area contributed by atoms with Crippen LogP contribution in [0.4, 0.5) is 0 Å². The fourth-order valence-corrected chi connectivity index (χ4v) is 3.10. The topological polar surface area (TPSA) is 52.3 Å². The van der Waals surface area contributed by atoms with Crippen LogP contribution in [0.15, 0.2) is 0 Å². The van der Waals surface area contributed by atoms with Gasteiger partial charge in [0.1, 0.15) is 5.82 Å². The predicted molar refractivity (Wildman–Crippen MR) is 77.1 cm³/mol. The van der Waals surface area contributed by atoms with Crippen molar-refractivity contribution in [2.75, 3.05) is 6.61 Å². The minimum Gasteiger partial charge on any atom is -0.378 e. The first-order valence-electron chi connectivity index (χ1n) is 7.08. The van der Waals surface area contributed by atoms with Gasteiger partial charge in [-0.25, -0.2) is 4.98 Å². The molecule has 2 aromatic rings. The van der Waals surface area contributed by atoms with Crippen molar-refractivity contribution in [1.82, 2.24) is 19.6 Å². The highest BCUT2D eigenvalue weighted by Gasteiger charge is 2.31. The monoisotopic (exact) mass is 294 g/mol. The molecule has 0 N–H and O–H groups in total. The summed E-state index contributed by atoms with van der Waals surface area (Å²) in [5.74, 6) is 1.61. The van der Waals surface area contributed by atoms with Crippen molar-refractivity contribution >= 4 is 17.2 Å². The maximum Gasteiger partial charge on any atom is 0.198 e. The van der Waals surface area contributed by atoms with Crippen molar-refractivity contribution < 1.29 is 4.74 Å². The predicted octanol–water partition coefficient (Wildman–Crippen LogP) is 2.75. The summed E-state index contributed by atoms with van der Waals surface area (Å²) in [5.41, 5.74) is 2.64. The summed E-state index contributed by atoms with van der Waals surface area (Å²) in [4.78, 5) is 4.29. The third-order valence-corrected chi connectivity index (χ3v) is 4.36. The minimum atomic E-state index is 0.424. The van der Waals surface area contributed by atoms with Gasteiger partial charge in [-0.05, 0) is 39.5 Å². The quantitative estimate of drug-likeness (QED) is 0.870. The Morgan fingerprint density at radius 1 is 1.30 bits per heavy atom. The van der Waals surface area contributed by atoms with Crippen LogP contribution >= 0.6 is 11.6 Å². The van der Waals surface area contributed by atoms with Gasteiger partial charge in [-0.1, -0.05) is 11.6 Å². The number of nitrogens with zero attached hydrogens (tertiary/aromatic N) is 4. The van der Waals surface area contributed by atoms with Crippen molar-refractivity contribution in [3.8, 4) is 0 Å². The van der Waals surface area contributed by atoms with E-state index in [9.17, 15) is 0 Å². The molecule has 1 aliphatic carbocycles. The Kier molecular flexibility index (Phi) is 3.65. The molecular weight excluding hydrogens is 276 g/mol. The summed E-state index contributed by atoms with van der Waals surface area (Å²) in [6.07, 6.45) is 3.57. The molecule has 0 aliphatic heterocycles. The van der Waals surface area contributed by atoms with E-state index in [-0.39, 0.29) is 0 Å². The smallest absolute Gasteiger partial charge is 0.198 e. The fourth-order valence-electron chi connectivity index (χ4n) is 2.85. The molecular formula is C14H19ClN4O. The Morgan fingerprint density at radius 2 is 2.05 bits per heavy atom. The van der Waals surface area contributed by atoms with E-state index in [0.717, 1.165) is 43.1 Å². The van der Waals surface area contributed by atoms with Gasteiger partial charge in [-0.15, -0.1) is 10.2 Å². The number of fused-ring (bicyclic) bond motifs is 1. The molecule has 3 rings (SSSR count). The summed E-state index contributed by atoms with van der Waals surface area (Å²) in [6, 6.07) is 0. The number of hydrogen-bond donors (Lipinski definition) is 0. The van der Waals surface area contributed by atoms with Gasteiger partial charge in [0.2, 0.25) is 0 Å². The average molecular weight is 295 g/mol. The molecule has 1 fully saturated rings. The van der Waals surface area contributed by atoms with Gasteiger partial charge in [0.15, 0.2) is 10.8 Å². The lowest BCUT2D eigenvalue weighted by molar-refractivity contribution is -0.0246. The number of halogens is 1. The van der Waals surface area contributed by atoms with Gasteiger partial charge in [0.05, 0.1) is 11.8 Å². The van der Waals surface area contributed by atoms with Crippen molar-refractivity contribution in [2.45, 2.75) is 46.1 Å². The molecule has 5 nitrogen and oxygen atoms in total. The standard InChI is InChI=1S/C14H19ClN4O/c1-4-20-11-5-10(6-11)7-12-17-18-14-13(15)16-8(2)9(3)19(12)14/h10-11H,4-7H2,1-3H3. The van der Waals surface area contributed by atoms with Crippen LogP contribution in [-0.4, -0.2) is 32.3 Å². The average Bonchev–Trinajstić information content (AvgIpc) is 2.78. The lowest BCUT2D eigenvalue weighted by atomic mass is 9.80. The maximum atomic E-state index is 6.14. The highest BCUT2D eigenvalue weighted by atomic mass is 35.5. The largest absolute Gasteiger partial charge is 0.378 e. The minimum absolute atomic E-state index is 0.424. The van der Waals surface area contributed by atoms with Crippen LogP contribution in [0.25, 0.3) is 5.65 Å². The van der Waals surface area contributed by atoms with Gasteiger partial charge in [0, 0.05) is 18.7 Å². The van der Waals surface area contributed by atoms with Gasteiger partial charge in [-0.3, -0.25) is 4.40 Å². The SMILES string of the molecule is CCOC1CC(Cc2nnc3c(Cl)nc(C)c(C)n23)C1. The Labute approximate surface area is 123 Å². The molecule has 1 aliphatic rings. The van der Waals surface area contributed by atoms with Crippen molar-refractivity contribution in [1.29, 1.82) is 0 Å². The molecule has 0 saturated heterocycles. The van der Waals surface area contributed by atoms with Gasteiger partial charge in [-0.2, -0.15) is 0 Å². The fraction of sp³-hybridized carbons (Fsp3) is 0.643.